The van der Waals surface area contributed by atoms with Crippen LogP contribution in [0.1, 0.15) is 25.2 Å². The van der Waals surface area contributed by atoms with Gasteiger partial charge in [0.2, 0.25) is 0 Å². The van der Waals surface area contributed by atoms with E-state index in [1.165, 1.54) is 0 Å². The molecule has 100 valence electrons. The molecule has 0 aliphatic rings. The van der Waals surface area contributed by atoms with Crippen molar-refractivity contribution in [3.63, 3.8) is 0 Å². The van der Waals surface area contributed by atoms with Crippen molar-refractivity contribution in [1.29, 1.82) is 0 Å². The fourth-order valence-corrected chi connectivity index (χ4v) is 2.09. The topological polar surface area (TPSA) is 35.0 Å². The van der Waals surface area contributed by atoms with Gasteiger partial charge in [0, 0.05) is 11.1 Å². The number of hydrogen-bond donors (Lipinski definition) is 0. The summed E-state index contributed by atoms with van der Waals surface area (Å²) in [5.74, 6) is 1.47. The molecule has 4 heteroatoms. The number of halogens is 1. The minimum Gasteiger partial charge on any atom is -0.490 e. The molecule has 0 saturated heterocycles. The quantitative estimate of drug-likeness (QED) is 0.788. The van der Waals surface area contributed by atoms with Crippen molar-refractivity contribution in [3.05, 3.63) is 40.8 Å². The molecule has 1 aromatic carbocycles. The number of benzene rings is 1. The van der Waals surface area contributed by atoms with E-state index < -0.39 is 0 Å². The first kappa shape index (κ1) is 13.8. The van der Waals surface area contributed by atoms with E-state index >= 15 is 0 Å². The van der Waals surface area contributed by atoms with Crippen LogP contribution < -0.4 is 4.74 Å². The van der Waals surface area contributed by atoms with E-state index in [4.69, 9.17) is 16.3 Å². The molecule has 0 bridgehead atoms. The Hall–Kier alpha value is -1.61. The summed E-state index contributed by atoms with van der Waals surface area (Å²) in [5, 5.41) is 0.488. The van der Waals surface area contributed by atoms with Crippen LogP contribution in [0.3, 0.4) is 0 Å². The molecule has 2 aromatic rings. The molecule has 0 N–H and O–H groups in total. The summed E-state index contributed by atoms with van der Waals surface area (Å²) in [4.78, 5) is 8.66. The van der Waals surface area contributed by atoms with Gasteiger partial charge in [-0.25, -0.2) is 9.97 Å². The molecule has 0 aliphatic carbocycles. The zero-order valence-electron chi connectivity index (χ0n) is 11.6. The molecule has 1 heterocycles. The summed E-state index contributed by atoms with van der Waals surface area (Å²) in [6.07, 6.45) is 0.111. The number of para-hydroxylation sites is 1. The Labute approximate surface area is 118 Å². The van der Waals surface area contributed by atoms with Gasteiger partial charge in [-0.3, -0.25) is 0 Å². The molecule has 3 nitrogen and oxygen atoms in total. The zero-order valence-corrected chi connectivity index (χ0v) is 12.3. The van der Waals surface area contributed by atoms with Crippen molar-refractivity contribution >= 4 is 11.6 Å². The third kappa shape index (κ3) is 3.04. The van der Waals surface area contributed by atoms with Gasteiger partial charge in [-0.15, -0.1) is 0 Å². The molecule has 0 radical (unpaired) electrons. The van der Waals surface area contributed by atoms with Gasteiger partial charge in [-0.05, 0) is 39.8 Å². The second kappa shape index (κ2) is 5.57. The number of rotatable bonds is 3. The monoisotopic (exact) mass is 276 g/mol. The minimum absolute atomic E-state index is 0.111. The van der Waals surface area contributed by atoms with Gasteiger partial charge >= 0.3 is 0 Å². The lowest BCUT2D eigenvalue weighted by atomic mass is 10.1. The van der Waals surface area contributed by atoms with Crippen LogP contribution in [0.25, 0.3) is 11.3 Å². The first-order valence-electron chi connectivity index (χ1n) is 6.26. The summed E-state index contributed by atoms with van der Waals surface area (Å²) in [6, 6.07) is 7.85. The van der Waals surface area contributed by atoms with Crippen molar-refractivity contribution in [3.8, 4) is 17.0 Å². The lowest BCUT2D eigenvalue weighted by molar-refractivity contribution is 0.243. The van der Waals surface area contributed by atoms with E-state index in [1.54, 1.807) is 0 Å². The highest BCUT2D eigenvalue weighted by atomic mass is 35.5. The second-order valence-electron chi connectivity index (χ2n) is 4.70. The summed E-state index contributed by atoms with van der Waals surface area (Å²) in [5.41, 5.74) is 2.64. The lowest BCUT2D eigenvalue weighted by Crippen LogP contribution is -2.07. The van der Waals surface area contributed by atoms with Crippen LogP contribution in [0.15, 0.2) is 24.3 Å². The largest absolute Gasteiger partial charge is 0.490 e. The average Bonchev–Trinajstić information content (AvgIpc) is 2.34. The fraction of sp³-hybridized carbons (Fsp3) is 0.333. The Morgan fingerprint density at radius 1 is 1.11 bits per heavy atom. The van der Waals surface area contributed by atoms with E-state index in [9.17, 15) is 0 Å². The normalized spacial score (nSPS) is 10.8. The van der Waals surface area contributed by atoms with Crippen LogP contribution in [0, 0.1) is 13.8 Å². The SMILES string of the molecule is Cc1nc(Cl)c(C)c(-c2ccccc2OC(C)C)n1. The van der Waals surface area contributed by atoms with E-state index in [0.29, 0.717) is 11.0 Å². The smallest absolute Gasteiger partial charge is 0.136 e. The standard InChI is InChI=1S/C15H17ClN2O/c1-9(2)19-13-8-6-5-7-12(13)14-10(3)15(16)18-11(4)17-14/h5-9H,1-4H3. The van der Waals surface area contributed by atoms with Gasteiger partial charge in [0.15, 0.2) is 0 Å². The van der Waals surface area contributed by atoms with Gasteiger partial charge in [0.05, 0.1) is 11.8 Å². The molecule has 0 fully saturated rings. The van der Waals surface area contributed by atoms with Gasteiger partial charge in [-0.2, -0.15) is 0 Å². The first-order valence-corrected chi connectivity index (χ1v) is 6.63. The van der Waals surface area contributed by atoms with Gasteiger partial charge in [0.1, 0.15) is 16.7 Å². The molecule has 0 aliphatic heterocycles. The van der Waals surface area contributed by atoms with Crippen LogP contribution >= 0.6 is 11.6 Å². The number of ether oxygens (including phenoxy) is 1. The summed E-state index contributed by atoms with van der Waals surface area (Å²) in [7, 11) is 0. The third-order valence-electron chi connectivity index (χ3n) is 2.70. The fourth-order valence-electron chi connectivity index (χ4n) is 1.88. The van der Waals surface area contributed by atoms with Crippen molar-refractivity contribution in [2.45, 2.75) is 33.8 Å². The highest BCUT2D eigenvalue weighted by molar-refractivity contribution is 6.30. The molecule has 0 atom stereocenters. The molecule has 0 amide bonds. The Balaban J connectivity index is 2.59. The molecule has 0 saturated carbocycles. The van der Waals surface area contributed by atoms with Gasteiger partial charge in [0.25, 0.3) is 0 Å². The van der Waals surface area contributed by atoms with Crippen LogP contribution in [0.5, 0.6) is 5.75 Å². The Morgan fingerprint density at radius 3 is 2.47 bits per heavy atom. The van der Waals surface area contributed by atoms with Crippen molar-refractivity contribution in [2.75, 3.05) is 0 Å². The van der Waals surface area contributed by atoms with Crippen molar-refractivity contribution < 1.29 is 4.74 Å². The maximum atomic E-state index is 6.14. The summed E-state index contributed by atoms with van der Waals surface area (Å²) < 4.78 is 5.83. The zero-order chi connectivity index (χ0) is 14.0. The van der Waals surface area contributed by atoms with E-state index in [2.05, 4.69) is 9.97 Å². The maximum absolute atomic E-state index is 6.14. The number of hydrogen-bond acceptors (Lipinski definition) is 3. The molecular weight excluding hydrogens is 260 g/mol. The number of aromatic nitrogens is 2. The predicted octanol–water partition coefficient (Wildman–Crippen LogP) is 4.20. The number of nitrogens with zero attached hydrogens (tertiary/aromatic N) is 2. The molecule has 19 heavy (non-hydrogen) atoms. The minimum atomic E-state index is 0.111. The lowest BCUT2D eigenvalue weighted by Gasteiger charge is -2.15. The Bertz CT molecular complexity index is 597. The van der Waals surface area contributed by atoms with Crippen LogP contribution in [-0.2, 0) is 0 Å². The third-order valence-corrected chi connectivity index (χ3v) is 3.07. The van der Waals surface area contributed by atoms with E-state index in [1.807, 2.05) is 52.0 Å². The molecule has 0 unspecified atom stereocenters. The highest BCUT2D eigenvalue weighted by Gasteiger charge is 2.14. The molecular formula is C15H17ClN2O. The van der Waals surface area contributed by atoms with Crippen LogP contribution in [-0.4, -0.2) is 16.1 Å². The van der Waals surface area contributed by atoms with Gasteiger partial charge < -0.3 is 4.74 Å². The predicted molar refractivity (Wildman–Crippen MR) is 77.7 cm³/mol. The van der Waals surface area contributed by atoms with Crippen LogP contribution in [0.4, 0.5) is 0 Å². The van der Waals surface area contributed by atoms with Crippen molar-refractivity contribution in [1.82, 2.24) is 9.97 Å². The second-order valence-corrected chi connectivity index (χ2v) is 5.06. The van der Waals surface area contributed by atoms with Crippen LogP contribution in [0.2, 0.25) is 5.15 Å². The molecule has 0 spiro atoms. The summed E-state index contributed by atoms with van der Waals surface area (Å²) >= 11 is 6.14. The van der Waals surface area contributed by atoms with Gasteiger partial charge in [-0.1, -0.05) is 23.7 Å². The molecule has 1 aromatic heterocycles. The maximum Gasteiger partial charge on any atom is 0.136 e. The van der Waals surface area contributed by atoms with Crippen molar-refractivity contribution in [2.24, 2.45) is 0 Å². The Kier molecular flexibility index (Phi) is 4.05. The Morgan fingerprint density at radius 2 is 1.79 bits per heavy atom. The van der Waals surface area contributed by atoms with E-state index in [-0.39, 0.29) is 6.10 Å². The number of aryl methyl sites for hydroxylation is 1. The highest BCUT2D eigenvalue weighted by Crippen LogP contribution is 2.33. The van der Waals surface area contributed by atoms with E-state index in [0.717, 1.165) is 22.6 Å². The average molecular weight is 277 g/mol. The summed E-state index contributed by atoms with van der Waals surface area (Å²) in [6.45, 7) is 7.76. The first-order chi connectivity index (χ1) is 8.99. The molecule has 2 rings (SSSR count).